The second-order valence-electron chi connectivity index (χ2n) is 4.04. The Kier molecular flexibility index (Phi) is 3.92. The molecule has 0 radical (unpaired) electrons. The van der Waals surface area contributed by atoms with Crippen LogP contribution in [0.2, 0.25) is 0 Å². The fraction of sp³-hybridized carbons (Fsp3) is 0.133. The molecule has 19 heavy (non-hydrogen) atoms. The standard InChI is InChI=1S/C15H14FNO2/c1-17(19-2)15(18)12-9-7-11(8-10-12)13-5-3-4-6-14(13)16/h3-10H,1-2H3. The summed E-state index contributed by atoms with van der Waals surface area (Å²) in [7, 11) is 2.96. The zero-order valence-corrected chi connectivity index (χ0v) is 10.8. The first kappa shape index (κ1) is 13.2. The third-order valence-electron chi connectivity index (χ3n) is 2.88. The number of hydrogen-bond donors (Lipinski definition) is 0. The molecule has 0 N–H and O–H groups in total. The molecule has 0 aliphatic rings. The van der Waals surface area contributed by atoms with Crippen LogP contribution in [0.25, 0.3) is 11.1 Å². The second-order valence-corrected chi connectivity index (χ2v) is 4.04. The molecule has 0 atom stereocenters. The van der Waals surface area contributed by atoms with Gasteiger partial charge in [-0.25, -0.2) is 9.45 Å². The van der Waals surface area contributed by atoms with Gasteiger partial charge in [0.2, 0.25) is 0 Å². The van der Waals surface area contributed by atoms with Crippen LogP contribution in [0.15, 0.2) is 48.5 Å². The van der Waals surface area contributed by atoms with E-state index in [2.05, 4.69) is 0 Å². The highest BCUT2D eigenvalue weighted by Gasteiger charge is 2.11. The van der Waals surface area contributed by atoms with Crippen molar-refractivity contribution in [1.29, 1.82) is 0 Å². The van der Waals surface area contributed by atoms with Gasteiger partial charge in [0.1, 0.15) is 5.82 Å². The summed E-state index contributed by atoms with van der Waals surface area (Å²) in [6.07, 6.45) is 0. The molecular weight excluding hydrogens is 245 g/mol. The minimum absolute atomic E-state index is 0.248. The summed E-state index contributed by atoms with van der Waals surface area (Å²) in [5.41, 5.74) is 1.74. The Morgan fingerprint density at radius 2 is 1.74 bits per heavy atom. The van der Waals surface area contributed by atoms with E-state index in [4.69, 9.17) is 4.84 Å². The van der Waals surface area contributed by atoms with E-state index in [1.807, 2.05) is 0 Å². The number of nitrogens with zero attached hydrogens (tertiary/aromatic N) is 1. The van der Waals surface area contributed by atoms with Gasteiger partial charge in [-0.05, 0) is 23.8 Å². The molecule has 2 aromatic rings. The lowest BCUT2D eigenvalue weighted by atomic mass is 10.0. The minimum Gasteiger partial charge on any atom is -0.274 e. The first-order valence-corrected chi connectivity index (χ1v) is 5.80. The Bertz CT molecular complexity index is 581. The van der Waals surface area contributed by atoms with Crippen molar-refractivity contribution in [1.82, 2.24) is 5.06 Å². The number of carbonyl (C=O) groups excluding carboxylic acids is 1. The normalized spacial score (nSPS) is 10.3. The average molecular weight is 259 g/mol. The van der Waals surface area contributed by atoms with Crippen LogP contribution >= 0.6 is 0 Å². The lowest BCUT2D eigenvalue weighted by Crippen LogP contribution is -2.25. The van der Waals surface area contributed by atoms with Crippen LogP contribution in [0.4, 0.5) is 4.39 Å². The second kappa shape index (κ2) is 5.63. The molecule has 2 aromatic carbocycles. The number of halogens is 1. The third-order valence-corrected chi connectivity index (χ3v) is 2.88. The summed E-state index contributed by atoms with van der Waals surface area (Å²) in [5, 5.41) is 1.14. The fourth-order valence-corrected chi connectivity index (χ4v) is 1.75. The molecule has 1 amide bonds. The number of benzene rings is 2. The largest absolute Gasteiger partial charge is 0.277 e. The number of rotatable bonds is 3. The lowest BCUT2D eigenvalue weighted by molar-refractivity contribution is -0.0756. The third kappa shape index (κ3) is 2.80. The van der Waals surface area contributed by atoms with Gasteiger partial charge < -0.3 is 0 Å². The van der Waals surface area contributed by atoms with Crippen LogP contribution in [0.3, 0.4) is 0 Å². The van der Waals surface area contributed by atoms with E-state index >= 15 is 0 Å². The summed E-state index contributed by atoms with van der Waals surface area (Å²) in [6, 6.07) is 13.3. The van der Waals surface area contributed by atoms with Crippen molar-refractivity contribution in [2.75, 3.05) is 14.2 Å². The monoisotopic (exact) mass is 259 g/mol. The molecule has 2 rings (SSSR count). The number of hydrogen-bond acceptors (Lipinski definition) is 2. The molecule has 0 aromatic heterocycles. The van der Waals surface area contributed by atoms with Crippen molar-refractivity contribution in [2.24, 2.45) is 0 Å². The summed E-state index contributed by atoms with van der Waals surface area (Å²) in [4.78, 5) is 16.6. The van der Waals surface area contributed by atoms with Crippen LogP contribution < -0.4 is 0 Å². The molecule has 98 valence electrons. The van der Waals surface area contributed by atoms with Gasteiger partial charge in [-0.15, -0.1) is 0 Å². The Morgan fingerprint density at radius 1 is 1.11 bits per heavy atom. The Morgan fingerprint density at radius 3 is 2.32 bits per heavy atom. The van der Waals surface area contributed by atoms with Crippen molar-refractivity contribution in [3.63, 3.8) is 0 Å². The molecule has 0 aliphatic heterocycles. The number of hydroxylamine groups is 2. The molecule has 4 heteroatoms. The van der Waals surface area contributed by atoms with Gasteiger partial charge in [0.25, 0.3) is 5.91 Å². The van der Waals surface area contributed by atoms with E-state index in [1.54, 1.807) is 42.5 Å². The molecule has 0 fully saturated rings. The minimum atomic E-state index is -0.282. The highest BCUT2D eigenvalue weighted by atomic mass is 19.1. The Balaban J connectivity index is 2.29. The van der Waals surface area contributed by atoms with Gasteiger partial charge in [-0.1, -0.05) is 30.3 Å². The molecule has 0 unspecified atom stereocenters. The Hall–Kier alpha value is -2.20. The molecule has 0 spiro atoms. The summed E-state index contributed by atoms with van der Waals surface area (Å²) in [6.45, 7) is 0. The van der Waals surface area contributed by atoms with Crippen molar-refractivity contribution in [3.8, 4) is 11.1 Å². The van der Waals surface area contributed by atoms with Gasteiger partial charge in [-0.3, -0.25) is 9.63 Å². The average Bonchev–Trinajstić information content (AvgIpc) is 2.46. The van der Waals surface area contributed by atoms with Crippen molar-refractivity contribution in [3.05, 3.63) is 59.9 Å². The van der Waals surface area contributed by atoms with Crippen LogP contribution in [-0.4, -0.2) is 25.1 Å². The van der Waals surface area contributed by atoms with E-state index in [9.17, 15) is 9.18 Å². The number of amides is 1. The predicted octanol–water partition coefficient (Wildman–Crippen LogP) is 3.13. The van der Waals surface area contributed by atoms with Gasteiger partial charge in [-0.2, -0.15) is 0 Å². The van der Waals surface area contributed by atoms with Gasteiger partial charge in [0.15, 0.2) is 0 Å². The fourth-order valence-electron chi connectivity index (χ4n) is 1.75. The first-order chi connectivity index (χ1) is 9.13. The predicted molar refractivity (Wildman–Crippen MR) is 70.9 cm³/mol. The van der Waals surface area contributed by atoms with E-state index < -0.39 is 0 Å². The maximum atomic E-state index is 13.6. The summed E-state index contributed by atoms with van der Waals surface area (Å²) < 4.78 is 13.6. The van der Waals surface area contributed by atoms with E-state index in [0.717, 1.165) is 10.6 Å². The molecule has 0 bridgehead atoms. The molecule has 0 saturated carbocycles. The van der Waals surface area contributed by atoms with Gasteiger partial charge in [0.05, 0.1) is 7.11 Å². The van der Waals surface area contributed by atoms with Crippen LogP contribution in [0, 0.1) is 5.82 Å². The number of carbonyl (C=O) groups is 1. The zero-order valence-electron chi connectivity index (χ0n) is 10.8. The van der Waals surface area contributed by atoms with Crippen molar-refractivity contribution >= 4 is 5.91 Å². The molecular formula is C15H14FNO2. The topological polar surface area (TPSA) is 29.5 Å². The molecule has 0 aliphatic carbocycles. The molecule has 0 saturated heterocycles. The van der Waals surface area contributed by atoms with Crippen LogP contribution in [0.1, 0.15) is 10.4 Å². The SMILES string of the molecule is CON(C)C(=O)c1ccc(-c2ccccc2F)cc1. The molecule has 0 heterocycles. The highest BCUT2D eigenvalue weighted by molar-refractivity contribution is 5.93. The van der Waals surface area contributed by atoms with E-state index in [0.29, 0.717) is 11.1 Å². The van der Waals surface area contributed by atoms with Crippen LogP contribution in [-0.2, 0) is 4.84 Å². The molecule has 3 nitrogen and oxygen atoms in total. The van der Waals surface area contributed by atoms with E-state index in [-0.39, 0.29) is 11.7 Å². The maximum Gasteiger partial charge on any atom is 0.277 e. The smallest absolute Gasteiger partial charge is 0.274 e. The van der Waals surface area contributed by atoms with E-state index in [1.165, 1.54) is 20.2 Å². The maximum absolute atomic E-state index is 13.6. The summed E-state index contributed by atoms with van der Waals surface area (Å²) >= 11 is 0. The van der Waals surface area contributed by atoms with Gasteiger partial charge in [0, 0.05) is 18.2 Å². The van der Waals surface area contributed by atoms with Crippen molar-refractivity contribution in [2.45, 2.75) is 0 Å². The van der Waals surface area contributed by atoms with Crippen LogP contribution in [0.5, 0.6) is 0 Å². The Labute approximate surface area is 111 Å². The summed E-state index contributed by atoms with van der Waals surface area (Å²) in [5.74, 6) is -0.529. The quantitative estimate of drug-likeness (QED) is 0.792. The lowest BCUT2D eigenvalue weighted by Gasteiger charge is -2.13. The first-order valence-electron chi connectivity index (χ1n) is 5.80. The van der Waals surface area contributed by atoms with Gasteiger partial charge >= 0.3 is 0 Å². The highest BCUT2D eigenvalue weighted by Crippen LogP contribution is 2.22. The zero-order chi connectivity index (χ0) is 13.8. The van der Waals surface area contributed by atoms with Crippen molar-refractivity contribution < 1.29 is 14.0 Å².